The van der Waals surface area contributed by atoms with Crippen molar-refractivity contribution in [3.63, 3.8) is 0 Å². The number of hydrogen-bond donors (Lipinski definition) is 3. The first-order valence-corrected chi connectivity index (χ1v) is 11.3. The molecule has 10 nitrogen and oxygen atoms in total. The molecule has 0 fully saturated rings. The highest BCUT2D eigenvalue weighted by atomic mass is 16.5. The van der Waals surface area contributed by atoms with Crippen LogP contribution in [0.1, 0.15) is 46.5 Å². The quantitative estimate of drug-likeness (QED) is 0.239. The number of likely N-dealkylation sites (N-methyl/N-ethyl adjacent to an activating group) is 1. The van der Waals surface area contributed by atoms with Gasteiger partial charge < -0.3 is 25.0 Å². The maximum Gasteiger partial charge on any atom is 0.328 e. The molecule has 0 radical (unpaired) electrons. The summed E-state index contributed by atoms with van der Waals surface area (Å²) < 4.78 is 4.76. The number of aliphatic hydroxyl groups is 1. The van der Waals surface area contributed by atoms with Crippen LogP contribution in [-0.4, -0.2) is 75.6 Å². The van der Waals surface area contributed by atoms with Crippen LogP contribution in [0.15, 0.2) is 54.6 Å². The van der Waals surface area contributed by atoms with Gasteiger partial charge in [-0.25, -0.2) is 4.79 Å². The van der Waals surface area contributed by atoms with Gasteiger partial charge in [-0.2, -0.15) is 0 Å². The number of amides is 1. The second kappa shape index (κ2) is 15.0. The van der Waals surface area contributed by atoms with Gasteiger partial charge in [0.05, 0.1) is 6.61 Å². The molecule has 0 bridgehead atoms. The number of aliphatic hydroxyl groups excluding tert-OH is 1. The van der Waals surface area contributed by atoms with Crippen LogP contribution < -0.4 is 0 Å². The minimum atomic E-state index is -1.36. The van der Waals surface area contributed by atoms with E-state index in [2.05, 4.69) is 0 Å². The van der Waals surface area contributed by atoms with Gasteiger partial charge in [-0.1, -0.05) is 49.4 Å². The minimum absolute atomic E-state index is 0.144. The first-order chi connectivity index (χ1) is 17.1. The Hall–Kier alpha value is -4.05. The van der Waals surface area contributed by atoms with E-state index in [1.165, 1.54) is 0 Å². The van der Waals surface area contributed by atoms with E-state index in [1.54, 1.807) is 75.4 Å². The molecule has 2 atom stereocenters. The predicted octanol–water partition coefficient (Wildman–Crippen LogP) is 2.43. The van der Waals surface area contributed by atoms with Crippen molar-refractivity contribution >= 4 is 29.6 Å². The molecule has 1 amide bonds. The van der Waals surface area contributed by atoms with E-state index in [0.717, 1.165) is 4.90 Å². The van der Waals surface area contributed by atoms with Crippen LogP contribution >= 0.6 is 0 Å². The van der Waals surface area contributed by atoms with Gasteiger partial charge in [-0.3, -0.25) is 19.2 Å². The molecule has 3 N–H and O–H groups in total. The molecular weight excluding hydrogens is 470 g/mol. The van der Waals surface area contributed by atoms with Crippen molar-refractivity contribution in [2.45, 2.75) is 33.2 Å². The van der Waals surface area contributed by atoms with Crippen molar-refractivity contribution < 1.29 is 44.0 Å². The topological polar surface area (TPSA) is 159 Å². The molecule has 2 aromatic rings. The lowest BCUT2D eigenvalue weighted by Gasteiger charge is -2.26. The van der Waals surface area contributed by atoms with Gasteiger partial charge in [0.1, 0.15) is 6.61 Å². The lowest BCUT2D eigenvalue weighted by atomic mass is 9.95. The number of nitrogens with zero attached hydrogens (tertiary/aromatic N) is 1. The van der Waals surface area contributed by atoms with Gasteiger partial charge in [0.15, 0.2) is 17.7 Å². The molecule has 36 heavy (non-hydrogen) atoms. The molecule has 0 aliphatic carbocycles. The number of rotatable bonds is 11. The number of ether oxygens (including phenoxy) is 1. The predicted molar refractivity (Wildman–Crippen MR) is 130 cm³/mol. The first kappa shape index (κ1) is 30.0. The Labute approximate surface area is 209 Å². The average molecular weight is 502 g/mol. The van der Waals surface area contributed by atoms with Gasteiger partial charge in [0.25, 0.3) is 5.91 Å². The molecule has 2 rings (SSSR count). The summed E-state index contributed by atoms with van der Waals surface area (Å²) in [6.45, 7) is 4.19. The zero-order chi connectivity index (χ0) is 27.3. The van der Waals surface area contributed by atoms with Crippen LogP contribution in [0.3, 0.4) is 0 Å². The highest BCUT2D eigenvalue weighted by molar-refractivity contribution is 6.09. The normalized spacial score (nSPS) is 11.8. The monoisotopic (exact) mass is 501 g/mol. The van der Waals surface area contributed by atoms with Crippen LogP contribution in [0.5, 0.6) is 0 Å². The number of aliphatic carboxylic acids is 2. The van der Waals surface area contributed by atoms with Crippen molar-refractivity contribution in [3.8, 4) is 0 Å². The van der Waals surface area contributed by atoms with E-state index in [1.807, 2.05) is 0 Å². The number of carbonyl (C=O) groups is 5. The third kappa shape index (κ3) is 8.62. The van der Waals surface area contributed by atoms with E-state index in [-0.39, 0.29) is 13.0 Å². The fourth-order valence-corrected chi connectivity index (χ4v) is 3.14. The molecule has 0 saturated heterocycles. The zero-order valence-electron chi connectivity index (χ0n) is 20.4. The number of carboxylic acid groups (broad SMARTS) is 2. The van der Waals surface area contributed by atoms with Gasteiger partial charge in [0, 0.05) is 24.1 Å². The molecule has 0 heterocycles. The van der Waals surface area contributed by atoms with Crippen molar-refractivity contribution in [1.29, 1.82) is 0 Å². The molecular formula is C26H31NO9. The summed E-state index contributed by atoms with van der Waals surface area (Å²) in [5.74, 6) is -5.33. The maximum atomic E-state index is 12.1. The molecule has 0 saturated carbocycles. The maximum absolute atomic E-state index is 12.1. The van der Waals surface area contributed by atoms with E-state index in [0.29, 0.717) is 16.7 Å². The Morgan fingerprint density at radius 3 is 1.94 bits per heavy atom. The largest absolute Gasteiger partial charge is 0.481 e. The van der Waals surface area contributed by atoms with Gasteiger partial charge in [-0.15, -0.1) is 0 Å². The molecule has 2 aromatic carbocycles. The van der Waals surface area contributed by atoms with Crippen LogP contribution in [0.25, 0.3) is 0 Å². The van der Waals surface area contributed by atoms with Crippen LogP contribution in [-0.2, 0) is 19.1 Å². The number of aryl methyl sites for hydroxylation is 1. The minimum Gasteiger partial charge on any atom is -0.481 e. The second-order valence-electron chi connectivity index (χ2n) is 7.60. The summed E-state index contributed by atoms with van der Waals surface area (Å²) >= 11 is 0. The number of carboxylic acids is 2. The van der Waals surface area contributed by atoms with E-state index in [4.69, 9.17) is 20.1 Å². The summed E-state index contributed by atoms with van der Waals surface area (Å²) in [6.07, 6.45) is 0.144. The fourth-order valence-electron chi connectivity index (χ4n) is 3.14. The summed E-state index contributed by atoms with van der Waals surface area (Å²) in [4.78, 5) is 58.4. The standard InChI is InChI=1S/C14H16O5.C12H15NO4/c1-3-12(15)19-8-11(14(17)18)13(16)10-7-5-4-6-9(10)2;1-2-13(10(8-14)12(16)17)11(15)9-6-4-3-5-7-9/h4-7,11H,3,8H2,1-2H3,(H,17,18);3-7,10,14H,2,8H2,1H3,(H,16,17). The van der Waals surface area contributed by atoms with Gasteiger partial charge in [-0.05, 0) is 31.5 Å². The summed E-state index contributed by atoms with van der Waals surface area (Å²) in [7, 11) is 0. The molecule has 2 unspecified atom stereocenters. The molecule has 0 aliphatic rings. The van der Waals surface area contributed by atoms with Crippen LogP contribution in [0.2, 0.25) is 0 Å². The molecule has 0 spiro atoms. The number of benzene rings is 2. The lowest BCUT2D eigenvalue weighted by Crippen LogP contribution is -2.47. The zero-order valence-corrected chi connectivity index (χ0v) is 20.4. The molecule has 0 aromatic heterocycles. The van der Waals surface area contributed by atoms with E-state index >= 15 is 0 Å². The van der Waals surface area contributed by atoms with Crippen molar-refractivity contribution in [2.24, 2.45) is 5.92 Å². The highest BCUT2D eigenvalue weighted by Crippen LogP contribution is 2.15. The Morgan fingerprint density at radius 1 is 0.889 bits per heavy atom. The number of ketones is 1. The number of carbonyl (C=O) groups excluding carboxylic acids is 3. The third-order valence-corrected chi connectivity index (χ3v) is 5.18. The van der Waals surface area contributed by atoms with Crippen molar-refractivity contribution in [3.05, 3.63) is 71.3 Å². The number of esters is 1. The van der Waals surface area contributed by atoms with Gasteiger partial charge in [0.2, 0.25) is 0 Å². The SMILES string of the molecule is CCC(=O)OCC(C(=O)O)C(=O)c1ccccc1C.CCN(C(=O)c1ccccc1)C(CO)C(=O)O. The summed E-state index contributed by atoms with van der Waals surface area (Å²) in [5.41, 5.74) is 1.44. The van der Waals surface area contributed by atoms with Crippen LogP contribution in [0.4, 0.5) is 0 Å². The third-order valence-electron chi connectivity index (χ3n) is 5.18. The number of hydrogen-bond acceptors (Lipinski definition) is 7. The molecule has 0 aliphatic heterocycles. The molecule has 10 heteroatoms. The summed E-state index contributed by atoms with van der Waals surface area (Å²) in [6, 6.07) is 13.9. The lowest BCUT2D eigenvalue weighted by molar-refractivity contribution is -0.149. The Balaban J connectivity index is 0.000000362. The Morgan fingerprint density at radius 2 is 1.47 bits per heavy atom. The van der Waals surface area contributed by atoms with Gasteiger partial charge >= 0.3 is 17.9 Å². The van der Waals surface area contributed by atoms with Crippen molar-refractivity contribution in [2.75, 3.05) is 19.8 Å². The second-order valence-corrected chi connectivity index (χ2v) is 7.60. The van der Waals surface area contributed by atoms with Crippen LogP contribution in [0, 0.1) is 12.8 Å². The Kier molecular flexibility index (Phi) is 12.5. The average Bonchev–Trinajstić information content (AvgIpc) is 2.87. The number of Topliss-reactive ketones (excluding diaryl/α,β-unsaturated/α-hetero) is 1. The highest BCUT2D eigenvalue weighted by Gasteiger charge is 2.30. The first-order valence-electron chi connectivity index (χ1n) is 11.3. The summed E-state index contributed by atoms with van der Waals surface area (Å²) in [5, 5.41) is 27.0. The molecule has 194 valence electrons. The smallest absolute Gasteiger partial charge is 0.328 e. The fraction of sp³-hybridized carbons (Fsp3) is 0.346. The van der Waals surface area contributed by atoms with E-state index in [9.17, 15) is 24.0 Å². The van der Waals surface area contributed by atoms with Crippen molar-refractivity contribution in [1.82, 2.24) is 4.90 Å². The Bertz CT molecular complexity index is 1050. The van der Waals surface area contributed by atoms with E-state index < -0.39 is 54.8 Å².